The van der Waals surface area contributed by atoms with Crippen molar-refractivity contribution >= 4 is 40.3 Å². The van der Waals surface area contributed by atoms with Gasteiger partial charge in [-0.15, -0.1) is 11.3 Å². The third-order valence-electron chi connectivity index (χ3n) is 4.13. The highest BCUT2D eigenvalue weighted by Crippen LogP contribution is 2.32. The number of hydrogen-bond acceptors (Lipinski definition) is 3. The van der Waals surface area contributed by atoms with Gasteiger partial charge in [0.2, 0.25) is 0 Å². The molecule has 0 radical (unpaired) electrons. The number of thiophene rings is 1. The zero-order valence-corrected chi connectivity index (χ0v) is 14.3. The standard InChI is InChI=1S/C15H21Cl2NOS/c1-10(2)11-4-3-6-18(7-5-11)9-13(19)12-8-14(16)20-15(12)17/h8,10-11H,3-7,9H2,1-2H3. The van der Waals surface area contributed by atoms with Crippen molar-refractivity contribution < 1.29 is 4.79 Å². The van der Waals surface area contributed by atoms with Crippen molar-refractivity contribution in [1.29, 1.82) is 0 Å². The smallest absolute Gasteiger partial charge is 0.179 e. The normalized spacial score (nSPS) is 21.1. The van der Waals surface area contributed by atoms with Crippen molar-refractivity contribution in [3.05, 3.63) is 20.3 Å². The summed E-state index contributed by atoms with van der Waals surface area (Å²) in [5, 5.41) is 0. The van der Waals surface area contributed by atoms with Gasteiger partial charge in [-0.05, 0) is 50.3 Å². The molecule has 0 N–H and O–H groups in total. The molecule has 1 aliphatic rings. The van der Waals surface area contributed by atoms with Crippen LogP contribution in [-0.4, -0.2) is 30.3 Å². The number of nitrogens with zero attached hydrogens (tertiary/aromatic N) is 1. The molecule has 2 rings (SSSR count). The zero-order chi connectivity index (χ0) is 14.7. The first-order valence-corrected chi connectivity index (χ1v) is 8.75. The Kier molecular flexibility index (Phi) is 5.91. The highest BCUT2D eigenvalue weighted by atomic mass is 35.5. The molecule has 1 aromatic rings. The first kappa shape index (κ1) is 16.3. The van der Waals surface area contributed by atoms with Crippen molar-refractivity contribution in [2.24, 2.45) is 11.8 Å². The summed E-state index contributed by atoms with van der Waals surface area (Å²) in [6.07, 6.45) is 3.63. The van der Waals surface area contributed by atoms with Gasteiger partial charge in [0, 0.05) is 0 Å². The molecule has 1 saturated heterocycles. The first-order chi connectivity index (χ1) is 9.47. The van der Waals surface area contributed by atoms with Gasteiger partial charge in [-0.1, -0.05) is 37.0 Å². The van der Waals surface area contributed by atoms with Gasteiger partial charge in [-0.3, -0.25) is 9.69 Å². The van der Waals surface area contributed by atoms with Gasteiger partial charge in [0.1, 0.15) is 4.34 Å². The van der Waals surface area contributed by atoms with Crippen LogP contribution in [0, 0.1) is 11.8 Å². The van der Waals surface area contributed by atoms with E-state index < -0.39 is 0 Å². The lowest BCUT2D eigenvalue weighted by molar-refractivity contribution is 0.0932. The number of ketones is 1. The van der Waals surface area contributed by atoms with E-state index in [2.05, 4.69) is 18.7 Å². The molecule has 1 aromatic heterocycles. The van der Waals surface area contributed by atoms with Crippen LogP contribution in [0.2, 0.25) is 8.67 Å². The lowest BCUT2D eigenvalue weighted by Crippen LogP contribution is -2.31. The topological polar surface area (TPSA) is 20.3 Å². The first-order valence-electron chi connectivity index (χ1n) is 7.17. The Labute approximate surface area is 135 Å². The summed E-state index contributed by atoms with van der Waals surface area (Å²) in [6, 6.07) is 1.69. The van der Waals surface area contributed by atoms with E-state index in [1.165, 1.54) is 30.6 Å². The van der Waals surface area contributed by atoms with Crippen LogP contribution >= 0.6 is 34.5 Å². The Balaban J connectivity index is 1.93. The molecule has 1 unspecified atom stereocenters. The number of rotatable bonds is 4. The number of halogens is 2. The summed E-state index contributed by atoms with van der Waals surface area (Å²) in [7, 11) is 0. The Bertz CT molecular complexity index is 472. The van der Waals surface area contributed by atoms with Gasteiger partial charge >= 0.3 is 0 Å². The molecule has 2 nitrogen and oxygen atoms in total. The minimum Gasteiger partial charge on any atom is -0.296 e. The fourth-order valence-corrected chi connectivity index (χ4v) is 4.32. The van der Waals surface area contributed by atoms with E-state index in [1.54, 1.807) is 6.07 Å². The fraction of sp³-hybridized carbons (Fsp3) is 0.667. The maximum absolute atomic E-state index is 12.3. The molecule has 20 heavy (non-hydrogen) atoms. The van der Waals surface area contributed by atoms with Gasteiger partial charge in [-0.2, -0.15) is 0 Å². The summed E-state index contributed by atoms with van der Waals surface area (Å²) in [5.74, 6) is 1.60. The van der Waals surface area contributed by atoms with Crippen LogP contribution in [0.25, 0.3) is 0 Å². The van der Waals surface area contributed by atoms with E-state index in [0.717, 1.165) is 24.9 Å². The molecule has 1 aliphatic heterocycles. The number of likely N-dealkylation sites (tertiary alicyclic amines) is 1. The molecule has 0 bridgehead atoms. The van der Waals surface area contributed by atoms with Crippen LogP contribution in [0.15, 0.2) is 6.07 Å². The number of Topliss-reactive ketones (excluding diaryl/α,β-unsaturated/α-hetero) is 1. The van der Waals surface area contributed by atoms with E-state index in [9.17, 15) is 4.79 Å². The van der Waals surface area contributed by atoms with Crippen molar-refractivity contribution in [2.45, 2.75) is 33.1 Å². The largest absolute Gasteiger partial charge is 0.296 e. The Morgan fingerprint density at radius 1 is 1.40 bits per heavy atom. The van der Waals surface area contributed by atoms with E-state index in [-0.39, 0.29) is 5.78 Å². The van der Waals surface area contributed by atoms with Crippen LogP contribution in [-0.2, 0) is 0 Å². The summed E-state index contributed by atoms with van der Waals surface area (Å²) in [5.41, 5.74) is 0.575. The SMILES string of the molecule is CC(C)C1CCCN(CC(=O)c2cc(Cl)sc2Cl)CC1. The fourth-order valence-electron chi connectivity index (χ4n) is 2.83. The quantitative estimate of drug-likeness (QED) is 0.723. The summed E-state index contributed by atoms with van der Waals surface area (Å²) < 4.78 is 1.09. The highest BCUT2D eigenvalue weighted by Gasteiger charge is 2.22. The number of carbonyl (C=O) groups is 1. The van der Waals surface area contributed by atoms with Gasteiger partial charge in [0.25, 0.3) is 0 Å². The summed E-state index contributed by atoms with van der Waals surface area (Å²) in [6.45, 7) is 7.04. The van der Waals surface area contributed by atoms with E-state index in [0.29, 0.717) is 20.8 Å². The van der Waals surface area contributed by atoms with Crippen LogP contribution in [0.4, 0.5) is 0 Å². The third-order valence-corrected chi connectivity index (χ3v) is 5.62. The molecule has 0 aromatic carbocycles. The van der Waals surface area contributed by atoms with Crippen molar-refractivity contribution in [3.63, 3.8) is 0 Å². The summed E-state index contributed by atoms with van der Waals surface area (Å²) in [4.78, 5) is 14.6. The molecule has 0 spiro atoms. The average molecular weight is 334 g/mol. The second-order valence-electron chi connectivity index (χ2n) is 5.87. The van der Waals surface area contributed by atoms with Gasteiger partial charge in [-0.25, -0.2) is 0 Å². The monoisotopic (exact) mass is 333 g/mol. The molecule has 0 saturated carbocycles. The molecular formula is C15H21Cl2NOS. The zero-order valence-electron chi connectivity index (χ0n) is 12.0. The number of hydrogen-bond donors (Lipinski definition) is 0. The van der Waals surface area contributed by atoms with Crippen LogP contribution in [0.5, 0.6) is 0 Å². The molecule has 0 amide bonds. The van der Waals surface area contributed by atoms with Gasteiger partial charge in [0.15, 0.2) is 5.78 Å². The summed E-state index contributed by atoms with van der Waals surface area (Å²) >= 11 is 13.2. The van der Waals surface area contributed by atoms with E-state index in [1.807, 2.05) is 0 Å². The second kappa shape index (κ2) is 7.26. The molecule has 1 atom stereocenters. The Hall–Kier alpha value is -0.0900. The van der Waals surface area contributed by atoms with Crippen LogP contribution in [0.1, 0.15) is 43.5 Å². The molecule has 112 valence electrons. The third kappa shape index (κ3) is 4.20. The minimum atomic E-state index is 0.0844. The average Bonchev–Trinajstić information content (AvgIpc) is 2.60. The van der Waals surface area contributed by atoms with Crippen LogP contribution < -0.4 is 0 Å². The predicted molar refractivity (Wildman–Crippen MR) is 87.3 cm³/mol. The maximum Gasteiger partial charge on any atom is 0.179 e. The highest BCUT2D eigenvalue weighted by molar-refractivity contribution is 7.20. The van der Waals surface area contributed by atoms with E-state index >= 15 is 0 Å². The molecular weight excluding hydrogens is 313 g/mol. The molecule has 2 heterocycles. The minimum absolute atomic E-state index is 0.0844. The molecule has 0 aliphatic carbocycles. The van der Waals surface area contributed by atoms with Crippen molar-refractivity contribution in [1.82, 2.24) is 4.90 Å². The lowest BCUT2D eigenvalue weighted by atomic mass is 9.89. The van der Waals surface area contributed by atoms with Crippen LogP contribution in [0.3, 0.4) is 0 Å². The predicted octanol–water partition coefficient (Wildman–Crippen LogP) is 5.00. The molecule has 5 heteroatoms. The second-order valence-corrected chi connectivity index (χ2v) is 8.16. The van der Waals surface area contributed by atoms with Gasteiger partial charge in [0.05, 0.1) is 16.4 Å². The Morgan fingerprint density at radius 2 is 2.15 bits per heavy atom. The van der Waals surface area contributed by atoms with Gasteiger partial charge < -0.3 is 0 Å². The van der Waals surface area contributed by atoms with E-state index in [4.69, 9.17) is 23.2 Å². The maximum atomic E-state index is 12.3. The van der Waals surface area contributed by atoms with Crippen molar-refractivity contribution in [2.75, 3.05) is 19.6 Å². The molecule has 1 fully saturated rings. The van der Waals surface area contributed by atoms with Crippen molar-refractivity contribution in [3.8, 4) is 0 Å². The number of carbonyl (C=O) groups excluding carboxylic acids is 1. The lowest BCUT2D eigenvalue weighted by Gasteiger charge is -2.20. The Morgan fingerprint density at radius 3 is 2.75 bits per heavy atom.